The first kappa shape index (κ1) is 18.0. The van der Waals surface area contributed by atoms with Crippen LogP contribution in [0.4, 0.5) is 0 Å². The van der Waals surface area contributed by atoms with E-state index in [-0.39, 0.29) is 18.1 Å². The Labute approximate surface area is 117 Å². The molecule has 8 heteroatoms. The first-order valence-corrected chi connectivity index (χ1v) is 6.25. The van der Waals surface area contributed by atoms with Crippen molar-refractivity contribution >= 4 is 23.5 Å². The molecule has 0 aliphatic rings. The Hall–Kier alpha value is -1.96. The lowest BCUT2D eigenvalue weighted by Crippen LogP contribution is -2.53. The summed E-state index contributed by atoms with van der Waals surface area (Å²) in [6.07, 6.45) is -0.269. The highest BCUT2D eigenvalue weighted by molar-refractivity contribution is 5.94. The SMILES string of the molecule is CNC(C)C(=O)N[C@@H](C)C(=O)NC(CC(N)=O)C(C)=O. The van der Waals surface area contributed by atoms with Crippen LogP contribution in [0.15, 0.2) is 0 Å². The number of primary amides is 1. The monoisotopic (exact) mass is 286 g/mol. The van der Waals surface area contributed by atoms with Crippen LogP contribution in [-0.4, -0.2) is 48.7 Å². The highest BCUT2D eigenvalue weighted by Crippen LogP contribution is 1.95. The molecule has 3 amide bonds. The van der Waals surface area contributed by atoms with Crippen LogP contribution in [0.1, 0.15) is 27.2 Å². The molecule has 0 saturated heterocycles. The minimum absolute atomic E-state index is 0.269. The topological polar surface area (TPSA) is 130 Å². The van der Waals surface area contributed by atoms with Crippen LogP contribution < -0.4 is 21.7 Å². The Morgan fingerprint density at radius 2 is 1.50 bits per heavy atom. The quantitative estimate of drug-likeness (QED) is 0.412. The molecule has 0 aromatic heterocycles. The van der Waals surface area contributed by atoms with Crippen LogP contribution in [0.3, 0.4) is 0 Å². The average molecular weight is 286 g/mol. The third kappa shape index (κ3) is 6.28. The number of Topliss-reactive ketones (excluding diaryl/α,β-unsaturated/α-hetero) is 1. The fourth-order valence-corrected chi connectivity index (χ4v) is 1.33. The number of hydrogen-bond donors (Lipinski definition) is 4. The van der Waals surface area contributed by atoms with Gasteiger partial charge in [0, 0.05) is 0 Å². The van der Waals surface area contributed by atoms with E-state index in [2.05, 4.69) is 16.0 Å². The first-order chi connectivity index (χ1) is 9.18. The molecule has 20 heavy (non-hydrogen) atoms. The molecule has 3 atom stereocenters. The molecular weight excluding hydrogens is 264 g/mol. The summed E-state index contributed by atoms with van der Waals surface area (Å²) in [6.45, 7) is 4.38. The predicted octanol–water partition coefficient (Wildman–Crippen LogP) is -1.95. The summed E-state index contributed by atoms with van der Waals surface area (Å²) in [7, 11) is 1.62. The molecule has 8 nitrogen and oxygen atoms in total. The van der Waals surface area contributed by atoms with Gasteiger partial charge in [-0.2, -0.15) is 0 Å². The van der Waals surface area contributed by atoms with Gasteiger partial charge in [-0.25, -0.2) is 0 Å². The third-order valence-corrected chi connectivity index (χ3v) is 2.79. The Morgan fingerprint density at radius 1 is 1.00 bits per heavy atom. The number of ketones is 1. The molecule has 0 rings (SSSR count). The van der Waals surface area contributed by atoms with E-state index in [0.29, 0.717) is 0 Å². The molecule has 114 valence electrons. The second-order valence-electron chi connectivity index (χ2n) is 4.58. The lowest BCUT2D eigenvalue weighted by Gasteiger charge is -2.20. The zero-order chi connectivity index (χ0) is 15.9. The maximum atomic E-state index is 11.8. The van der Waals surface area contributed by atoms with Gasteiger partial charge in [-0.3, -0.25) is 19.2 Å². The molecule has 0 fully saturated rings. The van der Waals surface area contributed by atoms with Crippen LogP contribution in [0, 0.1) is 0 Å². The maximum absolute atomic E-state index is 11.8. The van der Waals surface area contributed by atoms with Gasteiger partial charge in [-0.1, -0.05) is 0 Å². The Balaban J connectivity index is 4.53. The first-order valence-electron chi connectivity index (χ1n) is 6.25. The summed E-state index contributed by atoms with van der Waals surface area (Å²) in [5, 5.41) is 7.61. The van der Waals surface area contributed by atoms with Crippen LogP contribution >= 0.6 is 0 Å². The molecule has 5 N–H and O–H groups in total. The van der Waals surface area contributed by atoms with Gasteiger partial charge in [0.25, 0.3) is 0 Å². The summed E-state index contributed by atoms with van der Waals surface area (Å²) < 4.78 is 0. The fourth-order valence-electron chi connectivity index (χ4n) is 1.33. The Bertz CT molecular complexity index is 397. The van der Waals surface area contributed by atoms with Gasteiger partial charge in [0.2, 0.25) is 17.7 Å². The number of nitrogens with two attached hydrogens (primary N) is 1. The van der Waals surface area contributed by atoms with E-state index in [0.717, 1.165) is 0 Å². The molecule has 0 aliphatic heterocycles. The Kier molecular flexibility index (Phi) is 7.45. The molecule has 0 radical (unpaired) electrons. The van der Waals surface area contributed by atoms with Crippen molar-refractivity contribution < 1.29 is 19.2 Å². The number of hydrogen-bond acceptors (Lipinski definition) is 5. The highest BCUT2D eigenvalue weighted by atomic mass is 16.2. The van der Waals surface area contributed by atoms with Crippen molar-refractivity contribution in [3.8, 4) is 0 Å². The van der Waals surface area contributed by atoms with Crippen LogP contribution in [0.25, 0.3) is 0 Å². The molecule has 2 unspecified atom stereocenters. The van der Waals surface area contributed by atoms with E-state index in [4.69, 9.17) is 5.73 Å². The van der Waals surface area contributed by atoms with E-state index in [1.54, 1.807) is 14.0 Å². The number of nitrogens with one attached hydrogen (secondary N) is 3. The van der Waals surface area contributed by atoms with Crippen LogP contribution in [0.5, 0.6) is 0 Å². The van der Waals surface area contributed by atoms with Gasteiger partial charge in [-0.15, -0.1) is 0 Å². The minimum atomic E-state index is -0.971. The number of likely N-dealkylation sites (N-methyl/N-ethyl adjacent to an activating group) is 1. The van der Waals surface area contributed by atoms with Crippen molar-refractivity contribution in [1.82, 2.24) is 16.0 Å². The van der Waals surface area contributed by atoms with Crippen molar-refractivity contribution in [2.75, 3.05) is 7.05 Å². The number of amides is 3. The summed E-state index contributed by atoms with van der Waals surface area (Å²) in [6, 6.07) is -2.24. The van der Waals surface area contributed by atoms with Gasteiger partial charge in [0.05, 0.1) is 18.5 Å². The van der Waals surface area contributed by atoms with E-state index < -0.39 is 29.9 Å². The van der Waals surface area contributed by atoms with E-state index in [1.807, 2.05) is 0 Å². The predicted molar refractivity (Wildman–Crippen MR) is 72.5 cm³/mol. The lowest BCUT2D eigenvalue weighted by molar-refractivity contribution is -0.132. The van der Waals surface area contributed by atoms with Crippen LogP contribution in [0.2, 0.25) is 0 Å². The van der Waals surface area contributed by atoms with E-state index in [9.17, 15) is 19.2 Å². The summed E-state index contributed by atoms with van der Waals surface area (Å²) in [5.74, 6) is -1.96. The van der Waals surface area contributed by atoms with E-state index in [1.165, 1.54) is 13.8 Å². The Morgan fingerprint density at radius 3 is 1.90 bits per heavy atom. The molecule has 0 aromatic rings. The van der Waals surface area contributed by atoms with Gasteiger partial charge >= 0.3 is 0 Å². The number of carbonyl (C=O) groups is 4. The fraction of sp³-hybridized carbons (Fsp3) is 0.667. The number of carbonyl (C=O) groups excluding carboxylic acids is 4. The zero-order valence-electron chi connectivity index (χ0n) is 12.1. The van der Waals surface area contributed by atoms with Crippen molar-refractivity contribution in [3.63, 3.8) is 0 Å². The molecule has 0 saturated carbocycles. The van der Waals surface area contributed by atoms with Gasteiger partial charge in [-0.05, 0) is 27.8 Å². The molecule has 0 aliphatic carbocycles. The second kappa shape index (κ2) is 8.26. The summed E-state index contributed by atoms with van der Waals surface area (Å²) in [4.78, 5) is 45.5. The normalized spacial score (nSPS) is 14.8. The van der Waals surface area contributed by atoms with Crippen molar-refractivity contribution in [3.05, 3.63) is 0 Å². The summed E-state index contributed by atoms with van der Waals surface area (Å²) in [5.41, 5.74) is 5.00. The smallest absolute Gasteiger partial charge is 0.242 e. The maximum Gasteiger partial charge on any atom is 0.242 e. The van der Waals surface area contributed by atoms with Crippen LogP contribution in [-0.2, 0) is 19.2 Å². The number of rotatable bonds is 8. The molecule has 0 heterocycles. The van der Waals surface area contributed by atoms with Gasteiger partial charge in [0.15, 0.2) is 5.78 Å². The third-order valence-electron chi connectivity index (χ3n) is 2.79. The minimum Gasteiger partial charge on any atom is -0.370 e. The summed E-state index contributed by atoms with van der Waals surface area (Å²) >= 11 is 0. The zero-order valence-corrected chi connectivity index (χ0v) is 12.1. The van der Waals surface area contributed by atoms with Crippen molar-refractivity contribution in [2.45, 2.75) is 45.3 Å². The van der Waals surface area contributed by atoms with Gasteiger partial charge in [0.1, 0.15) is 6.04 Å². The molecule has 0 aromatic carbocycles. The van der Waals surface area contributed by atoms with Crippen molar-refractivity contribution in [1.29, 1.82) is 0 Å². The van der Waals surface area contributed by atoms with Crippen molar-refractivity contribution in [2.24, 2.45) is 5.73 Å². The molecule has 0 spiro atoms. The molecular formula is C12H22N4O4. The van der Waals surface area contributed by atoms with Gasteiger partial charge < -0.3 is 21.7 Å². The average Bonchev–Trinajstić information content (AvgIpc) is 2.35. The lowest BCUT2D eigenvalue weighted by atomic mass is 10.1. The second-order valence-corrected chi connectivity index (χ2v) is 4.58. The molecule has 0 bridgehead atoms. The largest absolute Gasteiger partial charge is 0.370 e. The standard InChI is InChI=1S/C12H22N4O4/c1-6(14-4)11(19)15-7(2)12(20)16-9(8(3)17)5-10(13)18/h6-7,9,14H,5H2,1-4H3,(H2,13,18)(H,15,19)(H,16,20)/t6?,7-,9?/m0/s1. The van der Waals surface area contributed by atoms with E-state index >= 15 is 0 Å². The highest BCUT2D eigenvalue weighted by Gasteiger charge is 2.24.